The zero-order chi connectivity index (χ0) is 14.7. The van der Waals surface area contributed by atoms with Crippen LogP contribution in [0.15, 0.2) is 30.6 Å². The fraction of sp³-hybridized carbons (Fsp3) is 0.429. The zero-order valence-electron chi connectivity index (χ0n) is 11.6. The number of aromatic nitrogens is 4. The predicted molar refractivity (Wildman–Crippen MR) is 77.7 cm³/mol. The summed E-state index contributed by atoms with van der Waals surface area (Å²) in [6.45, 7) is 0. The third-order valence-corrected chi connectivity index (χ3v) is 3.89. The van der Waals surface area contributed by atoms with E-state index in [1.54, 1.807) is 4.68 Å². The smallest absolute Gasteiger partial charge is 0.227 e. The van der Waals surface area contributed by atoms with Gasteiger partial charge >= 0.3 is 0 Å². The summed E-state index contributed by atoms with van der Waals surface area (Å²) in [5.74, 6) is 0.154. The number of tetrazole rings is 1. The van der Waals surface area contributed by atoms with Crippen LogP contribution in [0.3, 0.4) is 0 Å². The first-order valence-corrected chi connectivity index (χ1v) is 7.12. The number of hydrogen-bond acceptors (Lipinski definition) is 5. The number of benzene rings is 1. The minimum Gasteiger partial charge on any atom is -0.328 e. The number of carbonyl (C=O) groups excluding carboxylic acids is 1. The van der Waals surface area contributed by atoms with Crippen molar-refractivity contribution in [3.8, 4) is 5.69 Å². The first-order valence-electron chi connectivity index (χ1n) is 7.12. The van der Waals surface area contributed by atoms with Gasteiger partial charge in [-0.3, -0.25) is 4.79 Å². The molecule has 1 aromatic carbocycles. The maximum absolute atomic E-state index is 12.2. The highest BCUT2D eigenvalue weighted by atomic mass is 16.1. The van der Waals surface area contributed by atoms with Crippen molar-refractivity contribution in [1.29, 1.82) is 0 Å². The van der Waals surface area contributed by atoms with Crippen molar-refractivity contribution in [1.82, 2.24) is 20.2 Å². The van der Waals surface area contributed by atoms with Gasteiger partial charge in [0.25, 0.3) is 0 Å². The Bertz CT molecular complexity index is 586. The third-order valence-electron chi connectivity index (χ3n) is 3.89. The molecule has 1 aromatic heterocycles. The van der Waals surface area contributed by atoms with Gasteiger partial charge in [-0.25, -0.2) is 4.68 Å². The van der Waals surface area contributed by atoms with E-state index in [-0.39, 0.29) is 17.9 Å². The van der Waals surface area contributed by atoms with E-state index < -0.39 is 0 Å². The zero-order valence-corrected chi connectivity index (χ0v) is 11.6. The highest BCUT2D eigenvalue weighted by Gasteiger charge is 2.24. The molecule has 1 amide bonds. The average Bonchev–Trinajstić information content (AvgIpc) is 3.03. The van der Waals surface area contributed by atoms with Crippen molar-refractivity contribution in [3.63, 3.8) is 0 Å². The molecule has 0 atom stereocenters. The fourth-order valence-electron chi connectivity index (χ4n) is 2.60. The number of anilines is 1. The van der Waals surface area contributed by atoms with Gasteiger partial charge in [0.15, 0.2) is 0 Å². The Morgan fingerprint density at radius 1 is 1.19 bits per heavy atom. The van der Waals surface area contributed by atoms with Crippen LogP contribution < -0.4 is 11.1 Å². The van der Waals surface area contributed by atoms with Gasteiger partial charge in [-0.1, -0.05) is 0 Å². The molecule has 1 saturated carbocycles. The molecular weight excluding hydrogens is 268 g/mol. The maximum atomic E-state index is 12.2. The van der Waals surface area contributed by atoms with Gasteiger partial charge in [-0.15, -0.1) is 5.10 Å². The van der Waals surface area contributed by atoms with Crippen LogP contribution in [0.5, 0.6) is 0 Å². The van der Waals surface area contributed by atoms with Crippen molar-refractivity contribution in [2.24, 2.45) is 11.7 Å². The molecule has 7 heteroatoms. The summed E-state index contributed by atoms with van der Waals surface area (Å²) >= 11 is 0. The summed E-state index contributed by atoms with van der Waals surface area (Å²) in [5.41, 5.74) is 7.50. The van der Waals surface area contributed by atoms with E-state index in [1.807, 2.05) is 24.3 Å². The molecular formula is C14H18N6O. The Hall–Kier alpha value is -2.28. The van der Waals surface area contributed by atoms with Crippen LogP contribution in [-0.4, -0.2) is 32.2 Å². The predicted octanol–water partition coefficient (Wildman–Crippen LogP) is 1.12. The average molecular weight is 286 g/mol. The van der Waals surface area contributed by atoms with E-state index in [9.17, 15) is 4.79 Å². The molecule has 2 aromatic rings. The van der Waals surface area contributed by atoms with Gasteiger partial charge in [-0.05, 0) is 60.4 Å². The van der Waals surface area contributed by atoms with E-state index in [4.69, 9.17) is 5.73 Å². The molecule has 1 aliphatic carbocycles. The summed E-state index contributed by atoms with van der Waals surface area (Å²) < 4.78 is 1.56. The van der Waals surface area contributed by atoms with Crippen molar-refractivity contribution < 1.29 is 4.79 Å². The van der Waals surface area contributed by atoms with Crippen LogP contribution >= 0.6 is 0 Å². The molecule has 1 heterocycles. The first kappa shape index (κ1) is 13.7. The monoisotopic (exact) mass is 286 g/mol. The Morgan fingerprint density at radius 2 is 1.90 bits per heavy atom. The molecule has 0 spiro atoms. The van der Waals surface area contributed by atoms with Crippen molar-refractivity contribution in [2.75, 3.05) is 5.32 Å². The summed E-state index contributed by atoms with van der Waals surface area (Å²) in [4.78, 5) is 12.2. The molecule has 0 aliphatic heterocycles. The first-order chi connectivity index (χ1) is 10.2. The van der Waals surface area contributed by atoms with E-state index >= 15 is 0 Å². The maximum Gasteiger partial charge on any atom is 0.227 e. The van der Waals surface area contributed by atoms with E-state index in [2.05, 4.69) is 20.8 Å². The number of nitrogens with two attached hydrogens (primary N) is 1. The minimum absolute atomic E-state index is 0.0731. The molecule has 21 heavy (non-hydrogen) atoms. The lowest BCUT2D eigenvalue weighted by molar-refractivity contribution is -0.120. The van der Waals surface area contributed by atoms with Crippen molar-refractivity contribution >= 4 is 11.6 Å². The lowest BCUT2D eigenvalue weighted by Gasteiger charge is -2.25. The second-order valence-corrected chi connectivity index (χ2v) is 5.40. The molecule has 0 bridgehead atoms. The van der Waals surface area contributed by atoms with Gasteiger partial charge in [0.1, 0.15) is 6.33 Å². The molecule has 1 fully saturated rings. The lowest BCUT2D eigenvalue weighted by atomic mass is 9.86. The number of nitrogens with zero attached hydrogens (tertiary/aromatic N) is 4. The van der Waals surface area contributed by atoms with Crippen LogP contribution in [0.25, 0.3) is 5.69 Å². The summed E-state index contributed by atoms with van der Waals surface area (Å²) in [5, 5.41) is 14.0. The van der Waals surface area contributed by atoms with E-state index in [0.717, 1.165) is 37.1 Å². The second kappa shape index (κ2) is 6.01. The fourth-order valence-corrected chi connectivity index (χ4v) is 2.60. The van der Waals surface area contributed by atoms with Crippen LogP contribution in [0.4, 0.5) is 5.69 Å². The number of amides is 1. The molecule has 3 rings (SSSR count). The second-order valence-electron chi connectivity index (χ2n) is 5.40. The van der Waals surface area contributed by atoms with Crippen LogP contribution in [-0.2, 0) is 4.79 Å². The van der Waals surface area contributed by atoms with Crippen molar-refractivity contribution in [2.45, 2.75) is 31.7 Å². The lowest BCUT2D eigenvalue weighted by Crippen LogP contribution is -2.32. The molecule has 0 unspecified atom stereocenters. The van der Waals surface area contributed by atoms with Crippen molar-refractivity contribution in [3.05, 3.63) is 30.6 Å². The molecule has 0 saturated heterocycles. The van der Waals surface area contributed by atoms with Gasteiger partial charge < -0.3 is 11.1 Å². The number of carbonyl (C=O) groups is 1. The Morgan fingerprint density at radius 3 is 2.52 bits per heavy atom. The number of nitrogens with one attached hydrogen (secondary N) is 1. The molecule has 1 aliphatic rings. The molecule has 110 valence electrons. The Labute approximate surface area is 122 Å². The Balaban J connectivity index is 1.61. The van der Waals surface area contributed by atoms with Gasteiger partial charge in [0.2, 0.25) is 5.91 Å². The highest BCUT2D eigenvalue weighted by Crippen LogP contribution is 2.24. The van der Waals surface area contributed by atoms with Gasteiger partial charge in [0.05, 0.1) is 5.69 Å². The quantitative estimate of drug-likeness (QED) is 0.881. The van der Waals surface area contributed by atoms with Gasteiger partial charge in [-0.2, -0.15) is 0 Å². The SMILES string of the molecule is NC1CCC(C(=O)Nc2ccc(-n3cnnn3)cc2)CC1. The highest BCUT2D eigenvalue weighted by molar-refractivity contribution is 5.92. The molecule has 7 nitrogen and oxygen atoms in total. The molecule has 3 N–H and O–H groups in total. The normalized spacial score (nSPS) is 22.0. The minimum atomic E-state index is 0.0731. The van der Waals surface area contributed by atoms with Crippen LogP contribution in [0.2, 0.25) is 0 Å². The molecule has 0 radical (unpaired) electrons. The summed E-state index contributed by atoms with van der Waals surface area (Å²) in [7, 11) is 0. The Kier molecular flexibility index (Phi) is 3.92. The number of hydrogen-bond donors (Lipinski definition) is 2. The van der Waals surface area contributed by atoms with Gasteiger partial charge in [0, 0.05) is 17.6 Å². The van der Waals surface area contributed by atoms with Crippen LogP contribution in [0.1, 0.15) is 25.7 Å². The summed E-state index contributed by atoms with van der Waals surface area (Å²) in [6, 6.07) is 7.68. The largest absolute Gasteiger partial charge is 0.328 e. The summed E-state index contributed by atoms with van der Waals surface area (Å²) in [6.07, 6.45) is 5.12. The van der Waals surface area contributed by atoms with E-state index in [1.165, 1.54) is 6.33 Å². The third kappa shape index (κ3) is 3.25. The topological polar surface area (TPSA) is 98.7 Å². The van der Waals surface area contributed by atoms with E-state index in [0.29, 0.717) is 0 Å². The number of rotatable bonds is 3. The van der Waals surface area contributed by atoms with Crippen LogP contribution in [0, 0.1) is 5.92 Å². The standard InChI is InChI=1S/C14H18N6O/c15-11-3-1-10(2-4-11)14(21)17-12-5-7-13(8-6-12)20-9-16-18-19-20/h5-11H,1-4,15H2,(H,17,21).